The molecule has 0 saturated carbocycles. The summed E-state index contributed by atoms with van der Waals surface area (Å²) < 4.78 is 0. The van der Waals surface area contributed by atoms with E-state index in [-0.39, 0.29) is 11.9 Å². The summed E-state index contributed by atoms with van der Waals surface area (Å²) in [5, 5.41) is 2.06. The molecule has 1 saturated heterocycles. The van der Waals surface area contributed by atoms with Gasteiger partial charge in [0, 0.05) is 11.4 Å². The number of hydrogen-bond acceptors (Lipinski definition) is 4. The second-order valence-corrected chi connectivity index (χ2v) is 6.05. The second kappa shape index (κ2) is 5.25. The van der Waals surface area contributed by atoms with Crippen LogP contribution in [0, 0.1) is 6.92 Å². The number of carbonyl (C=O) groups excluding carboxylic acids is 1. The minimum atomic E-state index is 0.0400. The van der Waals surface area contributed by atoms with Gasteiger partial charge in [-0.2, -0.15) is 0 Å². The fraction of sp³-hybridized carbons (Fsp3) is 0.333. The van der Waals surface area contributed by atoms with E-state index in [0.29, 0.717) is 11.3 Å². The number of rotatable bonds is 2. The number of anilines is 1. The van der Waals surface area contributed by atoms with Crippen LogP contribution in [0.1, 0.15) is 39.8 Å². The van der Waals surface area contributed by atoms with E-state index in [1.165, 1.54) is 4.88 Å². The largest absolute Gasteiger partial charge is 0.397 e. The minimum Gasteiger partial charge on any atom is -0.397 e. The summed E-state index contributed by atoms with van der Waals surface area (Å²) in [4.78, 5) is 20.2. The summed E-state index contributed by atoms with van der Waals surface area (Å²) in [5.74, 6) is 0.0400. The highest BCUT2D eigenvalue weighted by Crippen LogP contribution is 2.35. The van der Waals surface area contributed by atoms with Gasteiger partial charge in [0.15, 0.2) is 0 Å². The summed E-state index contributed by atoms with van der Waals surface area (Å²) in [7, 11) is 0. The van der Waals surface area contributed by atoms with Crippen molar-refractivity contribution in [2.24, 2.45) is 0 Å². The summed E-state index contributed by atoms with van der Waals surface area (Å²) in [5.41, 5.74) is 7.65. The molecular formula is C15H17N3OS. The number of nitrogens with zero attached hydrogens (tertiary/aromatic N) is 2. The molecule has 3 rings (SSSR count). The molecule has 1 aliphatic rings. The number of pyridine rings is 1. The van der Waals surface area contributed by atoms with Gasteiger partial charge in [-0.05, 0) is 37.3 Å². The predicted molar refractivity (Wildman–Crippen MR) is 80.7 cm³/mol. The molecule has 0 spiro atoms. The first-order valence-corrected chi connectivity index (χ1v) is 7.61. The third-order valence-electron chi connectivity index (χ3n) is 3.72. The topological polar surface area (TPSA) is 59.2 Å². The minimum absolute atomic E-state index is 0.0400. The maximum atomic E-state index is 12.8. The fourth-order valence-electron chi connectivity index (χ4n) is 2.71. The van der Waals surface area contributed by atoms with Crippen LogP contribution in [0.25, 0.3) is 0 Å². The number of aryl methyl sites for hydroxylation is 1. The Morgan fingerprint density at radius 2 is 2.40 bits per heavy atom. The van der Waals surface area contributed by atoms with Gasteiger partial charge in [-0.25, -0.2) is 0 Å². The molecule has 2 aromatic heterocycles. The second-order valence-electron chi connectivity index (χ2n) is 5.07. The Labute approximate surface area is 122 Å². The van der Waals surface area contributed by atoms with Crippen molar-refractivity contribution in [1.82, 2.24) is 9.88 Å². The number of hydrogen-bond donors (Lipinski definition) is 1. The van der Waals surface area contributed by atoms with Crippen molar-refractivity contribution in [1.29, 1.82) is 0 Å². The molecule has 1 atom stereocenters. The first-order chi connectivity index (χ1) is 9.66. The maximum Gasteiger partial charge on any atom is 0.256 e. The average molecular weight is 287 g/mol. The van der Waals surface area contributed by atoms with E-state index < -0.39 is 0 Å². The van der Waals surface area contributed by atoms with E-state index in [9.17, 15) is 4.79 Å². The molecule has 20 heavy (non-hydrogen) atoms. The zero-order valence-corrected chi connectivity index (χ0v) is 12.2. The highest BCUT2D eigenvalue weighted by atomic mass is 32.1. The van der Waals surface area contributed by atoms with E-state index in [1.807, 2.05) is 17.9 Å². The molecule has 5 heteroatoms. The van der Waals surface area contributed by atoms with E-state index >= 15 is 0 Å². The Bertz CT molecular complexity index is 624. The van der Waals surface area contributed by atoms with Crippen molar-refractivity contribution in [3.05, 3.63) is 45.9 Å². The van der Waals surface area contributed by atoms with E-state index in [2.05, 4.69) is 16.4 Å². The van der Waals surface area contributed by atoms with Crippen LogP contribution in [0.15, 0.2) is 29.8 Å². The van der Waals surface area contributed by atoms with E-state index in [0.717, 1.165) is 25.1 Å². The Balaban J connectivity index is 1.91. The van der Waals surface area contributed by atoms with Gasteiger partial charge in [0.05, 0.1) is 29.2 Å². The van der Waals surface area contributed by atoms with Gasteiger partial charge in [-0.3, -0.25) is 9.78 Å². The molecule has 2 aromatic rings. The molecule has 0 aromatic carbocycles. The van der Waals surface area contributed by atoms with Gasteiger partial charge in [-0.15, -0.1) is 11.3 Å². The van der Waals surface area contributed by atoms with Gasteiger partial charge < -0.3 is 10.6 Å². The van der Waals surface area contributed by atoms with Gasteiger partial charge in [0.1, 0.15) is 0 Å². The van der Waals surface area contributed by atoms with E-state index in [1.54, 1.807) is 23.6 Å². The molecular weight excluding hydrogens is 270 g/mol. The Morgan fingerprint density at radius 3 is 3.15 bits per heavy atom. The van der Waals surface area contributed by atoms with Gasteiger partial charge in [0.25, 0.3) is 5.91 Å². The zero-order valence-electron chi connectivity index (χ0n) is 11.4. The number of nitrogen functional groups attached to an aromatic ring is 1. The Kier molecular flexibility index (Phi) is 3.44. The van der Waals surface area contributed by atoms with Crippen LogP contribution < -0.4 is 5.73 Å². The van der Waals surface area contributed by atoms with Gasteiger partial charge >= 0.3 is 0 Å². The smallest absolute Gasteiger partial charge is 0.256 e. The van der Waals surface area contributed by atoms with Crippen LogP contribution in [0.3, 0.4) is 0 Å². The van der Waals surface area contributed by atoms with Crippen molar-refractivity contribution in [2.75, 3.05) is 12.3 Å². The number of likely N-dealkylation sites (tertiary alicyclic amines) is 1. The number of carbonyl (C=O) groups is 1. The first kappa shape index (κ1) is 13.1. The quantitative estimate of drug-likeness (QED) is 0.923. The predicted octanol–water partition coefficient (Wildman–Crippen LogP) is 3.01. The van der Waals surface area contributed by atoms with Crippen LogP contribution in [0.4, 0.5) is 5.69 Å². The Hall–Kier alpha value is -1.88. The molecule has 1 fully saturated rings. The normalized spacial score (nSPS) is 18.4. The zero-order chi connectivity index (χ0) is 14.1. The van der Waals surface area contributed by atoms with Crippen molar-refractivity contribution < 1.29 is 4.79 Å². The molecule has 0 radical (unpaired) electrons. The molecule has 1 aliphatic heterocycles. The lowest BCUT2D eigenvalue weighted by atomic mass is 10.1. The maximum absolute atomic E-state index is 12.8. The molecule has 0 aliphatic carbocycles. The number of amides is 1. The highest BCUT2D eigenvalue weighted by Gasteiger charge is 2.31. The number of thiophene rings is 1. The summed E-state index contributed by atoms with van der Waals surface area (Å²) in [6, 6.07) is 6.07. The molecule has 4 nitrogen and oxygen atoms in total. The van der Waals surface area contributed by atoms with Crippen LogP contribution >= 0.6 is 11.3 Å². The molecule has 1 amide bonds. The average Bonchev–Trinajstić information content (AvgIpc) is 3.10. The van der Waals surface area contributed by atoms with Crippen LogP contribution in [-0.2, 0) is 0 Å². The van der Waals surface area contributed by atoms with Crippen LogP contribution in [-0.4, -0.2) is 22.3 Å². The van der Waals surface area contributed by atoms with Crippen molar-refractivity contribution in [3.8, 4) is 0 Å². The van der Waals surface area contributed by atoms with Crippen molar-refractivity contribution >= 4 is 22.9 Å². The summed E-state index contributed by atoms with van der Waals surface area (Å²) in [6.45, 7) is 2.65. The third kappa shape index (κ3) is 2.29. The summed E-state index contributed by atoms with van der Waals surface area (Å²) >= 11 is 1.71. The lowest BCUT2D eigenvalue weighted by Crippen LogP contribution is -2.31. The highest BCUT2D eigenvalue weighted by molar-refractivity contribution is 7.10. The Morgan fingerprint density at radius 1 is 1.55 bits per heavy atom. The first-order valence-electron chi connectivity index (χ1n) is 6.73. The standard InChI is InChI=1S/C15H17N3OS/c1-10-12(8-11(16)9-17-10)15(19)18-6-2-4-13(18)14-5-3-7-20-14/h3,5,7-9,13H,2,4,6,16H2,1H3. The third-order valence-corrected chi connectivity index (χ3v) is 4.70. The lowest BCUT2D eigenvalue weighted by molar-refractivity contribution is 0.0736. The van der Waals surface area contributed by atoms with Crippen LogP contribution in [0.5, 0.6) is 0 Å². The molecule has 104 valence electrons. The van der Waals surface area contributed by atoms with Crippen molar-refractivity contribution in [3.63, 3.8) is 0 Å². The number of nitrogens with two attached hydrogens (primary N) is 1. The molecule has 1 unspecified atom stereocenters. The number of aromatic nitrogens is 1. The van der Waals surface area contributed by atoms with Gasteiger partial charge in [-0.1, -0.05) is 6.07 Å². The molecule has 0 bridgehead atoms. The van der Waals surface area contributed by atoms with Crippen molar-refractivity contribution in [2.45, 2.75) is 25.8 Å². The lowest BCUT2D eigenvalue weighted by Gasteiger charge is -2.24. The van der Waals surface area contributed by atoms with Crippen LogP contribution in [0.2, 0.25) is 0 Å². The fourth-order valence-corrected chi connectivity index (χ4v) is 3.58. The van der Waals surface area contributed by atoms with Gasteiger partial charge in [0.2, 0.25) is 0 Å². The van der Waals surface area contributed by atoms with E-state index in [4.69, 9.17) is 5.73 Å². The molecule has 2 N–H and O–H groups in total. The summed E-state index contributed by atoms with van der Waals surface area (Å²) in [6.07, 6.45) is 3.66. The molecule has 3 heterocycles. The SMILES string of the molecule is Cc1ncc(N)cc1C(=O)N1CCCC1c1cccs1. The monoisotopic (exact) mass is 287 g/mol.